The van der Waals surface area contributed by atoms with Crippen molar-refractivity contribution in [1.82, 2.24) is 9.80 Å². The van der Waals surface area contributed by atoms with Crippen LogP contribution in [0, 0.1) is 0 Å². The first kappa shape index (κ1) is 16.6. The lowest BCUT2D eigenvalue weighted by atomic mass is 10.1. The number of fused-ring (bicyclic) bond motifs is 1. The van der Waals surface area contributed by atoms with Crippen LogP contribution >= 0.6 is 0 Å². The van der Waals surface area contributed by atoms with Gasteiger partial charge < -0.3 is 14.9 Å². The van der Waals surface area contributed by atoms with E-state index in [2.05, 4.69) is 0 Å². The fourth-order valence-electron chi connectivity index (χ4n) is 3.29. The molecule has 0 atom stereocenters. The number of rotatable bonds is 5. The van der Waals surface area contributed by atoms with Gasteiger partial charge in [-0.15, -0.1) is 0 Å². The Bertz CT molecular complexity index is 618. The summed E-state index contributed by atoms with van der Waals surface area (Å²) >= 11 is 0. The van der Waals surface area contributed by atoms with Crippen molar-refractivity contribution in [3.63, 3.8) is 0 Å². The van der Waals surface area contributed by atoms with Crippen LogP contribution < -0.4 is 4.90 Å². The SMILES string of the molecule is O=C(CCN1C(=O)c2ccccc2C1=O)N1CC[NH+](CCO)CC1. The summed E-state index contributed by atoms with van der Waals surface area (Å²) in [6.07, 6.45) is 0.154. The van der Waals surface area contributed by atoms with Crippen LogP contribution in [0.2, 0.25) is 0 Å². The molecule has 1 fully saturated rings. The molecule has 0 unspecified atom stereocenters. The van der Waals surface area contributed by atoms with Gasteiger partial charge in [0, 0.05) is 13.0 Å². The van der Waals surface area contributed by atoms with Gasteiger partial charge in [-0.25, -0.2) is 0 Å². The number of carbonyl (C=O) groups excluding carboxylic acids is 3. The first-order valence-corrected chi connectivity index (χ1v) is 8.29. The van der Waals surface area contributed by atoms with Gasteiger partial charge in [0.05, 0.1) is 43.9 Å². The average Bonchev–Trinajstić information content (AvgIpc) is 2.85. The van der Waals surface area contributed by atoms with E-state index in [-0.39, 0.29) is 37.3 Å². The van der Waals surface area contributed by atoms with E-state index in [1.807, 2.05) is 0 Å². The minimum absolute atomic E-state index is 0.0328. The minimum Gasteiger partial charge on any atom is -0.391 e. The number of quaternary nitrogens is 1. The van der Waals surface area contributed by atoms with Crippen LogP contribution in [0.1, 0.15) is 27.1 Å². The first-order chi connectivity index (χ1) is 11.6. The Morgan fingerprint density at radius 1 is 1.08 bits per heavy atom. The highest BCUT2D eigenvalue weighted by atomic mass is 16.3. The molecule has 2 aliphatic heterocycles. The fraction of sp³-hybridized carbons (Fsp3) is 0.471. The molecule has 128 valence electrons. The minimum atomic E-state index is -0.319. The van der Waals surface area contributed by atoms with Crippen LogP contribution in [-0.2, 0) is 4.79 Å². The van der Waals surface area contributed by atoms with Crippen molar-refractivity contribution >= 4 is 17.7 Å². The molecule has 3 amide bonds. The van der Waals surface area contributed by atoms with E-state index >= 15 is 0 Å². The van der Waals surface area contributed by atoms with Crippen molar-refractivity contribution in [1.29, 1.82) is 0 Å². The molecule has 7 heteroatoms. The van der Waals surface area contributed by atoms with Gasteiger partial charge in [0.15, 0.2) is 0 Å². The van der Waals surface area contributed by atoms with E-state index in [0.717, 1.165) is 18.0 Å². The molecule has 2 aliphatic rings. The number of hydrogen-bond donors (Lipinski definition) is 2. The number of amides is 3. The van der Waals surface area contributed by atoms with Gasteiger partial charge in [0.25, 0.3) is 11.8 Å². The van der Waals surface area contributed by atoms with Crippen LogP contribution in [0.25, 0.3) is 0 Å². The molecule has 1 aromatic rings. The molecule has 2 heterocycles. The van der Waals surface area contributed by atoms with Crippen molar-refractivity contribution in [3.05, 3.63) is 35.4 Å². The lowest BCUT2D eigenvalue weighted by Crippen LogP contribution is -3.15. The van der Waals surface area contributed by atoms with Crippen LogP contribution in [0.4, 0.5) is 0 Å². The molecule has 0 aromatic heterocycles. The van der Waals surface area contributed by atoms with Crippen LogP contribution in [0.15, 0.2) is 24.3 Å². The van der Waals surface area contributed by atoms with Gasteiger partial charge in [0.2, 0.25) is 5.91 Å². The van der Waals surface area contributed by atoms with Crippen molar-refractivity contribution in [2.75, 3.05) is 45.9 Å². The largest absolute Gasteiger partial charge is 0.391 e. The Labute approximate surface area is 140 Å². The monoisotopic (exact) mass is 332 g/mol. The second-order valence-corrected chi connectivity index (χ2v) is 6.16. The molecule has 0 saturated carbocycles. The topological polar surface area (TPSA) is 82.4 Å². The highest BCUT2D eigenvalue weighted by Gasteiger charge is 2.35. The van der Waals surface area contributed by atoms with E-state index in [1.54, 1.807) is 29.2 Å². The van der Waals surface area contributed by atoms with Gasteiger partial charge in [-0.2, -0.15) is 0 Å². The van der Waals surface area contributed by atoms with E-state index in [0.29, 0.717) is 30.8 Å². The lowest BCUT2D eigenvalue weighted by molar-refractivity contribution is -0.904. The summed E-state index contributed by atoms with van der Waals surface area (Å²) < 4.78 is 0. The summed E-state index contributed by atoms with van der Waals surface area (Å²) in [6.45, 7) is 3.92. The van der Waals surface area contributed by atoms with E-state index < -0.39 is 0 Å². The lowest BCUT2D eigenvalue weighted by Gasteiger charge is -2.32. The fourth-order valence-corrected chi connectivity index (χ4v) is 3.29. The average molecular weight is 332 g/mol. The van der Waals surface area contributed by atoms with Crippen LogP contribution in [0.3, 0.4) is 0 Å². The molecule has 7 nitrogen and oxygen atoms in total. The zero-order valence-electron chi connectivity index (χ0n) is 13.5. The second-order valence-electron chi connectivity index (χ2n) is 6.16. The van der Waals surface area contributed by atoms with E-state index in [9.17, 15) is 14.4 Å². The predicted molar refractivity (Wildman–Crippen MR) is 85.7 cm³/mol. The first-order valence-electron chi connectivity index (χ1n) is 8.29. The summed E-state index contributed by atoms with van der Waals surface area (Å²) in [4.78, 5) is 41.1. The number of aliphatic hydroxyl groups is 1. The number of nitrogens with one attached hydrogen (secondary N) is 1. The maximum Gasteiger partial charge on any atom is 0.261 e. The molecule has 1 saturated heterocycles. The van der Waals surface area contributed by atoms with Crippen molar-refractivity contribution in [2.24, 2.45) is 0 Å². The molecule has 1 aromatic carbocycles. The second kappa shape index (κ2) is 7.11. The maximum absolute atomic E-state index is 12.3. The van der Waals surface area contributed by atoms with Crippen LogP contribution in [-0.4, -0.2) is 78.5 Å². The highest BCUT2D eigenvalue weighted by Crippen LogP contribution is 2.22. The number of piperazine rings is 1. The predicted octanol–water partition coefficient (Wildman–Crippen LogP) is -1.61. The Kier molecular flexibility index (Phi) is 4.92. The molecule has 0 radical (unpaired) electrons. The quantitative estimate of drug-likeness (QED) is 0.636. The molecular weight excluding hydrogens is 310 g/mol. The number of carbonyl (C=O) groups is 3. The van der Waals surface area contributed by atoms with Crippen LogP contribution in [0.5, 0.6) is 0 Å². The highest BCUT2D eigenvalue weighted by molar-refractivity contribution is 6.21. The molecule has 0 spiro atoms. The van der Waals surface area contributed by atoms with Gasteiger partial charge in [-0.05, 0) is 12.1 Å². The van der Waals surface area contributed by atoms with Gasteiger partial charge >= 0.3 is 0 Å². The Balaban J connectivity index is 1.53. The summed E-state index contributed by atoms with van der Waals surface area (Å²) in [5.41, 5.74) is 0.826. The van der Waals surface area contributed by atoms with Crippen molar-refractivity contribution in [2.45, 2.75) is 6.42 Å². The van der Waals surface area contributed by atoms with E-state index in [1.165, 1.54) is 4.90 Å². The van der Waals surface area contributed by atoms with Gasteiger partial charge in [-0.1, -0.05) is 12.1 Å². The summed E-state index contributed by atoms with van der Waals surface area (Å²) in [5.74, 6) is -0.671. The third kappa shape index (κ3) is 3.18. The smallest absolute Gasteiger partial charge is 0.261 e. The summed E-state index contributed by atoms with van der Waals surface area (Å²) in [5, 5.41) is 8.95. The van der Waals surface area contributed by atoms with Crippen molar-refractivity contribution in [3.8, 4) is 0 Å². The molecular formula is C17H22N3O4+. The summed E-state index contributed by atoms with van der Waals surface area (Å²) in [7, 11) is 0. The van der Waals surface area contributed by atoms with Crippen molar-refractivity contribution < 1.29 is 24.4 Å². The third-order valence-electron chi connectivity index (χ3n) is 4.72. The molecule has 3 rings (SSSR count). The van der Waals surface area contributed by atoms with E-state index in [4.69, 9.17) is 5.11 Å². The number of hydrogen-bond acceptors (Lipinski definition) is 4. The molecule has 0 bridgehead atoms. The number of benzene rings is 1. The zero-order valence-corrected chi connectivity index (χ0v) is 13.5. The Morgan fingerprint density at radius 3 is 2.21 bits per heavy atom. The van der Waals surface area contributed by atoms with Gasteiger partial charge in [0.1, 0.15) is 6.54 Å². The normalized spacial score (nSPS) is 18.2. The number of aliphatic hydroxyl groups excluding tert-OH is 1. The number of nitrogens with zero attached hydrogens (tertiary/aromatic N) is 2. The molecule has 24 heavy (non-hydrogen) atoms. The Morgan fingerprint density at radius 2 is 1.67 bits per heavy atom. The van der Waals surface area contributed by atoms with Gasteiger partial charge in [-0.3, -0.25) is 19.3 Å². The number of imide groups is 1. The molecule has 2 N–H and O–H groups in total. The standard InChI is InChI=1S/C17H21N3O4/c21-12-11-18-7-9-19(10-8-18)15(22)5-6-20-16(23)13-3-1-2-4-14(13)17(20)24/h1-4,21H,5-12H2/p+1. The zero-order chi connectivity index (χ0) is 17.1. The third-order valence-corrected chi connectivity index (χ3v) is 4.72. The summed E-state index contributed by atoms with van der Waals surface area (Å²) in [6, 6.07) is 6.74. The molecule has 0 aliphatic carbocycles. The maximum atomic E-state index is 12.3. The Hall–Kier alpha value is -2.25.